The average molecular weight is 376 g/mol. The summed E-state index contributed by atoms with van der Waals surface area (Å²) in [7, 11) is 1.60. The fraction of sp³-hybridized carbons (Fsp3) is 0.190. The Kier molecular flexibility index (Phi) is 5.43. The second kappa shape index (κ2) is 7.94. The van der Waals surface area contributed by atoms with E-state index >= 15 is 0 Å². The van der Waals surface area contributed by atoms with Crippen LogP contribution in [0.2, 0.25) is 0 Å². The van der Waals surface area contributed by atoms with Gasteiger partial charge in [-0.15, -0.1) is 0 Å². The number of nitrogens with two attached hydrogens (primary N) is 1. The van der Waals surface area contributed by atoms with Crippen LogP contribution in [0.5, 0.6) is 0 Å². The van der Waals surface area contributed by atoms with Gasteiger partial charge in [0.1, 0.15) is 0 Å². The van der Waals surface area contributed by atoms with Crippen LogP contribution in [0.25, 0.3) is 16.6 Å². The van der Waals surface area contributed by atoms with Gasteiger partial charge in [0.2, 0.25) is 0 Å². The number of carbonyl (C=O) groups excluding carboxylic acids is 2. The number of rotatable bonds is 4. The molecule has 0 radical (unpaired) electrons. The Bertz CT molecular complexity index is 1110. The van der Waals surface area contributed by atoms with E-state index in [4.69, 9.17) is 5.73 Å². The average Bonchev–Trinajstić information content (AvgIpc) is 3.11. The van der Waals surface area contributed by atoms with Crippen LogP contribution in [0.4, 0.5) is 0 Å². The molecule has 0 aliphatic heterocycles. The monoisotopic (exact) mass is 376 g/mol. The highest BCUT2D eigenvalue weighted by Crippen LogP contribution is 2.22. The second-order valence-corrected chi connectivity index (χ2v) is 6.22. The third-order valence-corrected chi connectivity index (χ3v) is 4.35. The Morgan fingerprint density at radius 3 is 2.71 bits per heavy atom. The molecule has 3 aromatic rings. The van der Waals surface area contributed by atoms with Gasteiger partial charge in [-0.05, 0) is 31.2 Å². The Balaban J connectivity index is 1.98. The molecule has 7 heteroatoms. The van der Waals surface area contributed by atoms with Crippen molar-refractivity contribution in [1.82, 2.24) is 14.7 Å². The number of fused-ring (bicyclic) bond motifs is 1. The first-order valence-corrected chi connectivity index (χ1v) is 8.75. The van der Waals surface area contributed by atoms with Crippen LogP contribution in [0.1, 0.15) is 23.0 Å². The number of carbonyl (C=O) groups is 2. The van der Waals surface area contributed by atoms with Gasteiger partial charge in [0, 0.05) is 24.5 Å². The van der Waals surface area contributed by atoms with Crippen molar-refractivity contribution in [2.45, 2.75) is 13.0 Å². The fourth-order valence-electron chi connectivity index (χ4n) is 2.74. The zero-order chi connectivity index (χ0) is 20.3. The number of likely N-dealkylation sites (N-methyl/N-ethyl adjacent to an activating group) is 1. The van der Waals surface area contributed by atoms with Crippen LogP contribution >= 0.6 is 0 Å². The molecule has 0 fully saturated rings. The van der Waals surface area contributed by atoms with E-state index in [9.17, 15) is 14.7 Å². The van der Waals surface area contributed by atoms with E-state index < -0.39 is 17.9 Å². The molecule has 28 heavy (non-hydrogen) atoms. The first-order chi connectivity index (χ1) is 13.4. The van der Waals surface area contributed by atoms with Gasteiger partial charge in [0.05, 0.1) is 11.2 Å². The van der Waals surface area contributed by atoms with E-state index in [1.165, 1.54) is 4.90 Å². The molecule has 0 aliphatic rings. The van der Waals surface area contributed by atoms with Crippen LogP contribution < -0.4 is 5.73 Å². The number of hydrogen-bond acceptors (Lipinski definition) is 4. The van der Waals surface area contributed by atoms with Gasteiger partial charge in [-0.2, -0.15) is 5.10 Å². The van der Waals surface area contributed by atoms with Crippen molar-refractivity contribution < 1.29 is 14.7 Å². The summed E-state index contributed by atoms with van der Waals surface area (Å²) in [5.74, 6) is 4.32. The molecule has 3 N–H and O–H groups in total. The van der Waals surface area contributed by atoms with Crippen molar-refractivity contribution in [3.05, 3.63) is 59.8 Å². The van der Waals surface area contributed by atoms with Gasteiger partial charge in [0.25, 0.3) is 11.8 Å². The zero-order valence-corrected chi connectivity index (χ0v) is 15.6. The fourth-order valence-corrected chi connectivity index (χ4v) is 2.74. The van der Waals surface area contributed by atoms with Crippen LogP contribution in [0.3, 0.4) is 0 Å². The minimum atomic E-state index is -1.39. The lowest BCUT2D eigenvalue weighted by atomic mass is 10.1. The molecular formula is C21H20N4O3. The quantitative estimate of drug-likeness (QED) is 0.671. The lowest BCUT2D eigenvalue weighted by molar-refractivity contribution is -0.135. The molecule has 0 spiro atoms. The van der Waals surface area contributed by atoms with E-state index in [2.05, 4.69) is 16.9 Å². The molecule has 1 heterocycles. The number of primary amides is 1. The van der Waals surface area contributed by atoms with E-state index in [-0.39, 0.29) is 5.69 Å². The summed E-state index contributed by atoms with van der Waals surface area (Å²) in [5.41, 5.74) is 7.66. The Labute approximate surface area is 162 Å². The van der Waals surface area contributed by atoms with Crippen molar-refractivity contribution in [2.75, 3.05) is 13.6 Å². The minimum Gasteiger partial charge on any atom is -0.372 e. The van der Waals surface area contributed by atoms with Gasteiger partial charge in [-0.1, -0.05) is 36.1 Å². The molecule has 1 unspecified atom stereocenters. The largest absolute Gasteiger partial charge is 0.372 e. The highest BCUT2D eigenvalue weighted by Gasteiger charge is 2.16. The number of nitrogens with zero attached hydrogens (tertiary/aromatic N) is 3. The lowest BCUT2D eigenvalue weighted by Crippen LogP contribution is -2.35. The number of para-hydroxylation sites is 1. The summed E-state index contributed by atoms with van der Waals surface area (Å²) in [6.45, 7) is 2.30. The number of amides is 2. The summed E-state index contributed by atoms with van der Waals surface area (Å²) in [5, 5.41) is 14.9. The number of benzene rings is 2. The maximum Gasteiger partial charge on any atom is 0.269 e. The number of aromatic nitrogens is 2. The standard InChI is InChI=1S/C21H20N4O3/c1-3-24(2)21(28)18(26)12-11-14-7-6-8-15(13-14)25-17-10-5-4-9-16(17)19(23-25)20(22)27/h4-10,13,18,26H,3H2,1-2H3,(H2,22,27). The molecular weight excluding hydrogens is 356 g/mol. The van der Waals surface area contributed by atoms with Crippen LogP contribution in [-0.4, -0.2) is 51.3 Å². The maximum absolute atomic E-state index is 11.9. The molecule has 0 saturated carbocycles. The van der Waals surface area contributed by atoms with Crippen LogP contribution in [0.15, 0.2) is 48.5 Å². The Morgan fingerprint density at radius 2 is 2.00 bits per heavy atom. The van der Waals surface area contributed by atoms with Crippen LogP contribution in [-0.2, 0) is 4.79 Å². The van der Waals surface area contributed by atoms with E-state index in [1.807, 2.05) is 31.2 Å². The van der Waals surface area contributed by atoms with Crippen molar-refractivity contribution >= 4 is 22.7 Å². The maximum atomic E-state index is 11.9. The molecule has 3 rings (SSSR count). The van der Waals surface area contributed by atoms with Crippen molar-refractivity contribution in [2.24, 2.45) is 5.73 Å². The zero-order valence-electron chi connectivity index (χ0n) is 15.6. The molecule has 0 saturated heterocycles. The predicted octanol–water partition coefficient (Wildman–Crippen LogP) is 1.32. The molecule has 1 atom stereocenters. The molecule has 2 amide bonds. The van der Waals surface area contributed by atoms with Gasteiger partial charge in [-0.3, -0.25) is 9.59 Å². The summed E-state index contributed by atoms with van der Waals surface area (Å²) in [4.78, 5) is 25.0. The predicted molar refractivity (Wildman–Crippen MR) is 106 cm³/mol. The second-order valence-electron chi connectivity index (χ2n) is 6.22. The van der Waals surface area contributed by atoms with Gasteiger partial charge in [-0.25, -0.2) is 4.68 Å². The van der Waals surface area contributed by atoms with E-state index in [1.54, 1.807) is 36.0 Å². The third-order valence-electron chi connectivity index (χ3n) is 4.35. The molecule has 142 valence electrons. The van der Waals surface area contributed by atoms with Gasteiger partial charge >= 0.3 is 0 Å². The van der Waals surface area contributed by atoms with E-state index in [0.717, 1.165) is 5.52 Å². The summed E-state index contributed by atoms with van der Waals surface area (Å²) < 4.78 is 1.62. The van der Waals surface area contributed by atoms with Crippen molar-refractivity contribution in [1.29, 1.82) is 0 Å². The summed E-state index contributed by atoms with van der Waals surface area (Å²) in [6, 6.07) is 14.4. The normalized spacial score (nSPS) is 11.5. The first-order valence-electron chi connectivity index (χ1n) is 8.75. The molecule has 2 aromatic carbocycles. The summed E-state index contributed by atoms with van der Waals surface area (Å²) >= 11 is 0. The molecule has 0 aliphatic carbocycles. The molecule has 7 nitrogen and oxygen atoms in total. The molecule has 0 bridgehead atoms. The van der Waals surface area contributed by atoms with Crippen LogP contribution in [0, 0.1) is 11.8 Å². The third kappa shape index (κ3) is 3.72. The smallest absolute Gasteiger partial charge is 0.269 e. The number of hydrogen-bond donors (Lipinski definition) is 2. The van der Waals surface area contributed by atoms with Crippen molar-refractivity contribution in [3.63, 3.8) is 0 Å². The Morgan fingerprint density at radius 1 is 1.25 bits per heavy atom. The Hall–Kier alpha value is -3.63. The first kappa shape index (κ1) is 19.1. The van der Waals surface area contributed by atoms with Gasteiger partial charge in [0.15, 0.2) is 11.8 Å². The highest BCUT2D eigenvalue weighted by molar-refractivity contribution is 6.04. The number of aliphatic hydroxyl groups is 1. The minimum absolute atomic E-state index is 0.190. The highest BCUT2D eigenvalue weighted by atomic mass is 16.3. The topological polar surface area (TPSA) is 101 Å². The van der Waals surface area contributed by atoms with Gasteiger partial charge < -0.3 is 15.7 Å². The number of aliphatic hydroxyl groups excluding tert-OH is 1. The summed E-state index contributed by atoms with van der Waals surface area (Å²) in [6.07, 6.45) is -1.39. The SMILES string of the molecule is CCN(C)C(=O)C(O)C#Cc1cccc(-n2nc(C(N)=O)c3ccccc32)c1. The van der Waals surface area contributed by atoms with E-state index in [0.29, 0.717) is 23.2 Å². The lowest BCUT2D eigenvalue weighted by Gasteiger charge is -2.15. The molecule has 1 aromatic heterocycles. The van der Waals surface area contributed by atoms with Crippen molar-refractivity contribution in [3.8, 4) is 17.5 Å².